The topological polar surface area (TPSA) is 104 Å². The van der Waals surface area contributed by atoms with E-state index in [4.69, 9.17) is 5.11 Å². The summed E-state index contributed by atoms with van der Waals surface area (Å²) in [6.45, 7) is 2.14. The number of hydrogen-bond acceptors (Lipinski definition) is 4. The van der Waals surface area contributed by atoms with Gasteiger partial charge in [0.1, 0.15) is 0 Å². The zero-order valence-corrected chi connectivity index (χ0v) is 12.1. The Balaban J connectivity index is 2.36. The maximum atomic E-state index is 11.6. The van der Waals surface area contributed by atoms with Crippen LogP contribution in [0.2, 0.25) is 0 Å². The van der Waals surface area contributed by atoms with Gasteiger partial charge in [-0.05, 0) is 38.0 Å². The molecule has 1 aliphatic carbocycles. The smallest absolute Gasteiger partial charge is 0.303 e. The van der Waals surface area contributed by atoms with Gasteiger partial charge in [0, 0.05) is 13.0 Å². The average Bonchev–Trinajstić information content (AvgIpc) is 2.31. The van der Waals surface area contributed by atoms with Crippen molar-refractivity contribution in [2.75, 3.05) is 12.3 Å². The molecule has 0 aromatic heterocycles. The average molecular weight is 293 g/mol. The molecule has 0 aromatic rings. The number of aliphatic hydroxyl groups is 1. The third-order valence-electron chi connectivity index (χ3n) is 3.63. The van der Waals surface area contributed by atoms with Crippen LogP contribution < -0.4 is 4.72 Å². The van der Waals surface area contributed by atoms with Crippen LogP contribution in [0.25, 0.3) is 0 Å². The van der Waals surface area contributed by atoms with Gasteiger partial charge in [0.25, 0.3) is 0 Å². The standard InChI is InChI=1S/C12H23NO5S/c1-10-4-6-12(16,7-5-10)9-13-19(17,18)8-2-3-11(14)15/h10,13,16H,2-9H2,1H3,(H,14,15). The number of sulfonamides is 1. The van der Waals surface area contributed by atoms with Crippen LogP contribution in [0.1, 0.15) is 45.4 Å². The third kappa shape index (κ3) is 6.35. The Morgan fingerprint density at radius 1 is 1.37 bits per heavy atom. The fourth-order valence-electron chi connectivity index (χ4n) is 2.21. The maximum Gasteiger partial charge on any atom is 0.303 e. The zero-order valence-electron chi connectivity index (χ0n) is 11.3. The molecule has 19 heavy (non-hydrogen) atoms. The predicted molar refractivity (Wildman–Crippen MR) is 71.2 cm³/mol. The first-order valence-electron chi connectivity index (χ1n) is 6.64. The van der Waals surface area contributed by atoms with E-state index in [1.54, 1.807) is 0 Å². The largest absolute Gasteiger partial charge is 0.481 e. The first-order chi connectivity index (χ1) is 8.72. The Kier molecular flexibility index (Phi) is 5.76. The molecule has 0 spiro atoms. The van der Waals surface area contributed by atoms with Gasteiger partial charge in [-0.1, -0.05) is 6.92 Å². The van der Waals surface area contributed by atoms with E-state index in [1.807, 2.05) is 0 Å². The molecular formula is C12H23NO5S. The van der Waals surface area contributed by atoms with Crippen molar-refractivity contribution in [3.8, 4) is 0 Å². The molecule has 1 aliphatic rings. The lowest BCUT2D eigenvalue weighted by Crippen LogP contribution is -2.45. The Morgan fingerprint density at radius 2 is 1.95 bits per heavy atom. The summed E-state index contributed by atoms with van der Waals surface area (Å²) in [5.74, 6) is -0.645. The molecule has 0 unspecified atom stereocenters. The minimum absolute atomic E-state index is 0.0229. The summed E-state index contributed by atoms with van der Waals surface area (Å²) < 4.78 is 25.7. The summed E-state index contributed by atoms with van der Waals surface area (Å²) in [7, 11) is -3.50. The SMILES string of the molecule is CC1CCC(O)(CNS(=O)(=O)CCCC(=O)O)CC1. The minimum atomic E-state index is -3.50. The van der Waals surface area contributed by atoms with Gasteiger partial charge < -0.3 is 10.2 Å². The highest BCUT2D eigenvalue weighted by Crippen LogP contribution is 2.31. The Hall–Kier alpha value is -0.660. The van der Waals surface area contributed by atoms with Gasteiger partial charge in [0.05, 0.1) is 11.4 Å². The van der Waals surface area contributed by atoms with E-state index >= 15 is 0 Å². The van der Waals surface area contributed by atoms with Gasteiger partial charge >= 0.3 is 5.97 Å². The highest BCUT2D eigenvalue weighted by molar-refractivity contribution is 7.89. The molecule has 1 fully saturated rings. The summed E-state index contributed by atoms with van der Waals surface area (Å²) in [5, 5.41) is 18.7. The molecule has 0 atom stereocenters. The van der Waals surface area contributed by atoms with Gasteiger partial charge in [-0.2, -0.15) is 0 Å². The van der Waals surface area contributed by atoms with Gasteiger partial charge in [-0.3, -0.25) is 4.79 Å². The Labute approximate surface area is 114 Å². The van der Waals surface area contributed by atoms with Crippen molar-refractivity contribution in [2.24, 2.45) is 5.92 Å². The summed E-state index contributed by atoms with van der Waals surface area (Å²) >= 11 is 0. The van der Waals surface area contributed by atoms with E-state index in [-0.39, 0.29) is 25.1 Å². The highest BCUT2D eigenvalue weighted by atomic mass is 32.2. The van der Waals surface area contributed by atoms with Crippen molar-refractivity contribution >= 4 is 16.0 Å². The third-order valence-corrected chi connectivity index (χ3v) is 5.04. The molecule has 1 rings (SSSR count). The van der Waals surface area contributed by atoms with E-state index < -0.39 is 21.6 Å². The first kappa shape index (κ1) is 16.4. The molecule has 0 heterocycles. The second-order valence-corrected chi connectivity index (χ2v) is 7.47. The van der Waals surface area contributed by atoms with E-state index in [1.165, 1.54) is 0 Å². The van der Waals surface area contributed by atoms with E-state index in [2.05, 4.69) is 11.6 Å². The number of hydrogen-bond donors (Lipinski definition) is 3. The van der Waals surface area contributed by atoms with E-state index in [0.717, 1.165) is 12.8 Å². The lowest BCUT2D eigenvalue weighted by Gasteiger charge is -2.34. The van der Waals surface area contributed by atoms with Gasteiger partial charge in [0.2, 0.25) is 10.0 Å². The Bertz CT molecular complexity index is 398. The van der Waals surface area contributed by atoms with Crippen LogP contribution in [0.15, 0.2) is 0 Å². The monoisotopic (exact) mass is 293 g/mol. The van der Waals surface area contributed by atoms with Crippen LogP contribution in [-0.4, -0.2) is 42.5 Å². The summed E-state index contributed by atoms with van der Waals surface area (Å²) in [5.41, 5.74) is -0.952. The molecule has 0 aromatic carbocycles. The van der Waals surface area contributed by atoms with Crippen LogP contribution in [0.4, 0.5) is 0 Å². The van der Waals surface area contributed by atoms with Crippen LogP contribution >= 0.6 is 0 Å². The number of carbonyl (C=O) groups is 1. The molecule has 3 N–H and O–H groups in total. The summed E-state index contributed by atoms with van der Waals surface area (Å²) in [4.78, 5) is 10.3. The molecule has 7 heteroatoms. The molecule has 0 bridgehead atoms. The van der Waals surface area contributed by atoms with Crippen molar-refractivity contribution in [1.29, 1.82) is 0 Å². The lowest BCUT2D eigenvalue weighted by atomic mass is 9.80. The van der Waals surface area contributed by atoms with Gasteiger partial charge in [-0.25, -0.2) is 13.1 Å². The quantitative estimate of drug-likeness (QED) is 0.641. The van der Waals surface area contributed by atoms with Crippen molar-refractivity contribution < 1.29 is 23.4 Å². The number of nitrogens with one attached hydrogen (secondary N) is 1. The second-order valence-electron chi connectivity index (χ2n) is 5.54. The van der Waals surface area contributed by atoms with Gasteiger partial charge in [-0.15, -0.1) is 0 Å². The molecule has 0 radical (unpaired) electrons. The van der Waals surface area contributed by atoms with E-state index in [0.29, 0.717) is 18.8 Å². The molecule has 0 saturated heterocycles. The fraction of sp³-hybridized carbons (Fsp3) is 0.917. The lowest BCUT2D eigenvalue weighted by molar-refractivity contribution is -0.137. The molecule has 1 saturated carbocycles. The second kappa shape index (κ2) is 6.67. The zero-order chi connectivity index (χ0) is 14.5. The summed E-state index contributed by atoms with van der Waals surface area (Å²) in [6, 6.07) is 0. The number of carboxylic acids is 1. The van der Waals surface area contributed by atoms with Gasteiger partial charge in [0.15, 0.2) is 0 Å². The van der Waals surface area contributed by atoms with Crippen LogP contribution in [0, 0.1) is 5.92 Å². The van der Waals surface area contributed by atoms with Crippen molar-refractivity contribution in [3.63, 3.8) is 0 Å². The maximum absolute atomic E-state index is 11.6. The minimum Gasteiger partial charge on any atom is -0.481 e. The number of rotatable bonds is 7. The van der Waals surface area contributed by atoms with E-state index in [9.17, 15) is 18.3 Å². The molecule has 6 nitrogen and oxygen atoms in total. The molecule has 112 valence electrons. The van der Waals surface area contributed by atoms with Crippen molar-refractivity contribution in [1.82, 2.24) is 4.72 Å². The van der Waals surface area contributed by atoms with Crippen LogP contribution in [0.3, 0.4) is 0 Å². The normalized spacial score (nSPS) is 28.2. The highest BCUT2D eigenvalue weighted by Gasteiger charge is 2.32. The molecule has 0 aliphatic heterocycles. The predicted octanol–water partition coefficient (Wildman–Crippen LogP) is 0.712. The first-order valence-corrected chi connectivity index (χ1v) is 8.29. The molecule has 0 amide bonds. The Morgan fingerprint density at radius 3 is 2.47 bits per heavy atom. The fourth-order valence-corrected chi connectivity index (χ4v) is 3.36. The number of aliphatic carboxylic acids is 1. The van der Waals surface area contributed by atoms with Crippen molar-refractivity contribution in [2.45, 2.75) is 51.0 Å². The van der Waals surface area contributed by atoms with Crippen LogP contribution in [-0.2, 0) is 14.8 Å². The summed E-state index contributed by atoms with van der Waals surface area (Å²) in [6.07, 6.45) is 2.93. The number of carboxylic acid groups (broad SMARTS) is 1. The van der Waals surface area contributed by atoms with Crippen LogP contribution in [0.5, 0.6) is 0 Å². The molecular weight excluding hydrogens is 270 g/mol. The van der Waals surface area contributed by atoms with Crippen molar-refractivity contribution in [3.05, 3.63) is 0 Å².